The van der Waals surface area contributed by atoms with Crippen LogP contribution in [0.4, 0.5) is 0 Å². The van der Waals surface area contributed by atoms with Gasteiger partial charge >= 0.3 is 0 Å². The van der Waals surface area contributed by atoms with Gasteiger partial charge in [0.15, 0.2) is 0 Å². The molecular weight excluding hydrogens is 206 g/mol. The highest BCUT2D eigenvalue weighted by Crippen LogP contribution is 2.19. The van der Waals surface area contributed by atoms with Crippen LogP contribution in [0.5, 0.6) is 0 Å². The number of hydrogen-bond donors (Lipinski definition) is 0. The summed E-state index contributed by atoms with van der Waals surface area (Å²) >= 11 is 0. The van der Waals surface area contributed by atoms with Crippen molar-refractivity contribution in [3.63, 3.8) is 0 Å². The highest BCUT2D eigenvalue weighted by Gasteiger charge is 2.09. The van der Waals surface area contributed by atoms with Crippen LogP contribution in [0.1, 0.15) is 52.2 Å². The predicted octanol–water partition coefficient (Wildman–Crippen LogP) is 4.68. The van der Waals surface area contributed by atoms with E-state index in [1.165, 1.54) is 17.5 Å². The summed E-state index contributed by atoms with van der Waals surface area (Å²) in [5.41, 5.74) is 2.89. The number of nitrogens with zero attached hydrogens (tertiary/aromatic N) is 1. The van der Waals surface area contributed by atoms with Gasteiger partial charge in [0.25, 0.3) is 0 Å². The van der Waals surface area contributed by atoms with E-state index in [0.717, 1.165) is 11.0 Å². The second kappa shape index (κ2) is 7.50. The highest BCUT2D eigenvalue weighted by molar-refractivity contribution is 5.24. The van der Waals surface area contributed by atoms with Crippen molar-refractivity contribution in [2.75, 3.05) is 21.1 Å². The molecule has 0 saturated carbocycles. The first-order valence-electron chi connectivity index (χ1n) is 5.81. The molecule has 0 heterocycles. The minimum atomic E-state index is 0. The lowest BCUT2D eigenvalue weighted by molar-refractivity contribution is -0.884. The lowest BCUT2D eigenvalue weighted by Gasteiger charge is -2.24. The normalized spacial score (nSPS) is 12.3. The molecule has 0 aromatic heterocycles. The van der Waals surface area contributed by atoms with E-state index in [9.17, 15) is 0 Å². The summed E-state index contributed by atoms with van der Waals surface area (Å²) < 4.78 is 0.989. The maximum absolute atomic E-state index is 2.29. The maximum atomic E-state index is 2.29. The van der Waals surface area contributed by atoms with Gasteiger partial charge in [0.05, 0.1) is 21.1 Å². The second-order valence-corrected chi connectivity index (χ2v) is 5.50. The Bertz CT molecular complexity index is 292. The van der Waals surface area contributed by atoms with E-state index in [2.05, 4.69) is 59.3 Å². The molecule has 1 rings (SSSR count). The maximum Gasteiger partial charge on any atom is 0.104 e. The molecule has 0 aliphatic carbocycles. The molecule has 1 nitrogen and oxygen atoms in total. The van der Waals surface area contributed by atoms with Crippen LogP contribution in [-0.4, -0.2) is 25.6 Å². The van der Waals surface area contributed by atoms with E-state index in [0.29, 0.717) is 5.92 Å². The van der Waals surface area contributed by atoms with Gasteiger partial charge in [0.1, 0.15) is 6.54 Å². The van der Waals surface area contributed by atoms with Gasteiger partial charge in [-0.25, -0.2) is 0 Å². The molecule has 0 fully saturated rings. The van der Waals surface area contributed by atoms with E-state index in [1.807, 2.05) is 0 Å². The minimum Gasteiger partial charge on any atom is -0.327 e. The zero-order valence-electron chi connectivity index (χ0n) is 10.7. The summed E-state index contributed by atoms with van der Waals surface area (Å²) in [4.78, 5) is 0. The van der Waals surface area contributed by atoms with Crippen molar-refractivity contribution in [3.8, 4) is 0 Å². The van der Waals surface area contributed by atoms with Gasteiger partial charge in [-0.05, 0) is 17.9 Å². The Balaban J connectivity index is 0. The van der Waals surface area contributed by atoms with Crippen LogP contribution in [0.2, 0.25) is 0 Å². The summed E-state index contributed by atoms with van der Waals surface area (Å²) in [6.45, 7) is 5.63. The van der Waals surface area contributed by atoms with Crippen LogP contribution in [0, 0.1) is 0 Å². The number of hydrogen-bond acceptors (Lipinski definition) is 0. The molecular formula is C16H32N+. The van der Waals surface area contributed by atoms with Crippen molar-refractivity contribution < 1.29 is 4.48 Å². The molecule has 0 bridgehead atoms. The van der Waals surface area contributed by atoms with Gasteiger partial charge in [-0.1, -0.05) is 53.0 Å². The topological polar surface area (TPSA) is 0 Å². The molecule has 0 aliphatic rings. The van der Waals surface area contributed by atoms with Gasteiger partial charge in [-0.3, -0.25) is 0 Å². The molecule has 0 aliphatic heterocycles. The first-order chi connectivity index (χ1) is 6.92. The van der Waals surface area contributed by atoms with Gasteiger partial charge in [-0.2, -0.15) is 0 Å². The Morgan fingerprint density at radius 3 is 1.82 bits per heavy atom. The summed E-state index contributed by atoms with van der Waals surface area (Å²) in [5, 5.41) is 0. The first-order valence-corrected chi connectivity index (χ1v) is 5.81. The standard InChI is InChI=1S/C14H24N.2CH4/c1-6-12(2)14-9-7-13(8-10-14)11-15(3,4)5;;/h7-10,12H,6,11H2,1-5H3;2*1H4/q+1;;. The minimum absolute atomic E-state index is 0. The van der Waals surface area contributed by atoms with Crippen LogP contribution in [0.3, 0.4) is 0 Å². The highest BCUT2D eigenvalue weighted by atomic mass is 15.3. The molecule has 17 heavy (non-hydrogen) atoms. The van der Waals surface area contributed by atoms with Gasteiger partial charge < -0.3 is 4.48 Å². The van der Waals surface area contributed by atoms with Crippen LogP contribution in [-0.2, 0) is 6.54 Å². The zero-order chi connectivity index (χ0) is 11.5. The molecule has 0 N–H and O–H groups in total. The fraction of sp³-hybridized carbons (Fsp3) is 0.625. The molecule has 1 aromatic rings. The van der Waals surface area contributed by atoms with E-state index in [4.69, 9.17) is 0 Å². The zero-order valence-corrected chi connectivity index (χ0v) is 10.7. The Kier molecular flexibility index (Phi) is 8.18. The average Bonchev–Trinajstić information content (AvgIpc) is 2.15. The van der Waals surface area contributed by atoms with Gasteiger partial charge in [-0.15, -0.1) is 0 Å². The molecule has 1 aromatic carbocycles. The van der Waals surface area contributed by atoms with Crippen LogP contribution in [0.25, 0.3) is 0 Å². The Morgan fingerprint density at radius 1 is 1.00 bits per heavy atom. The number of benzene rings is 1. The molecule has 0 amide bonds. The predicted molar refractivity (Wildman–Crippen MR) is 80.3 cm³/mol. The third-order valence-corrected chi connectivity index (χ3v) is 2.82. The molecule has 100 valence electrons. The van der Waals surface area contributed by atoms with Gasteiger partial charge in [0, 0.05) is 5.56 Å². The summed E-state index contributed by atoms with van der Waals surface area (Å²) in [7, 11) is 6.67. The third-order valence-electron chi connectivity index (χ3n) is 2.82. The summed E-state index contributed by atoms with van der Waals surface area (Å²) in [6, 6.07) is 9.09. The van der Waals surface area contributed by atoms with Crippen LogP contribution < -0.4 is 0 Å². The Hall–Kier alpha value is -0.820. The molecule has 0 spiro atoms. The van der Waals surface area contributed by atoms with E-state index >= 15 is 0 Å². The third kappa shape index (κ3) is 6.48. The fourth-order valence-corrected chi connectivity index (χ4v) is 1.74. The molecule has 1 unspecified atom stereocenters. The number of quaternary nitrogens is 1. The van der Waals surface area contributed by atoms with Crippen molar-refractivity contribution in [1.82, 2.24) is 0 Å². The van der Waals surface area contributed by atoms with Gasteiger partial charge in [0.2, 0.25) is 0 Å². The largest absolute Gasteiger partial charge is 0.327 e. The molecule has 0 radical (unpaired) electrons. The van der Waals surface area contributed by atoms with E-state index in [1.54, 1.807) is 0 Å². The Labute approximate surface area is 109 Å². The summed E-state index contributed by atoms with van der Waals surface area (Å²) in [6.07, 6.45) is 1.22. The van der Waals surface area contributed by atoms with Crippen molar-refractivity contribution in [1.29, 1.82) is 0 Å². The quantitative estimate of drug-likeness (QED) is 0.668. The second-order valence-electron chi connectivity index (χ2n) is 5.50. The molecule has 1 atom stereocenters. The average molecular weight is 238 g/mol. The first kappa shape index (κ1) is 18.5. The van der Waals surface area contributed by atoms with E-state index in [-0.39, 0.29) is 14.9 Å². The fourth-order valence-electron chi connectivity index (χ4n) is 1.74. The lowest BCUT2D eigenvalue weighted by Crippen LogP contribution is -2.33. The van der Waals surface area contributed by atoms with Crippen molar-refractivity contribution in [3.05, 3.63) is 35.4 Å². The van der Waals surface area contributed by atoms with Crippen LogP contribution >= 0.6 is 0 Å². The van der Waals surface area contributed by atoms with Crippen LogP contribution in [0.15, 0.2) is 24.3 Å². The molecule has 1 heteroatoms. The Morgan fingerprint density at radius 2 is 1.47 bits per heavy atom. The number of rotatable bonds is 4. The van der Waals surface area contributed by atoms with Crippen molar-refractivity contribution in [2.45, 2.75) is 47.6 Å². The van der Waals surface area contributed by atoms with Crippen molar-refractivity contribution >= 4 is 0 Å². The molecule has 0 saturated heterocycles. The summed E-state index contributed by atoms with van der Waals surface area (Å²) in [5.74, 6) is 0.683. The van der Waals surface area contributed by atoms with E-state index < -0.39 is 0 Å². The lowest BCUT2D eigenvalue weighted by atomic mass is 9.97. The van der Waals surface area contributed by atoms with Crippen molar-refractivity contribution in [2.24, 2.45) is 0 Å². The SMILES string of the molecule is C.C.CCC(C)c1ccc(C[N+](C)(C)C)cc1. The monoisotopic (exact) mass is 238 g/mol. The smallest absolute Gasteiger partial charge is 0.104 e.